The van der Waals surface area contributed by atoms with Gasteiger partial charge in [-0.05, 0) is 59.7 Å². The minimum atomic E-state index is -0.00253. The first-order valence-corrected chi connectivity index (χ1v) is 8.54. The number of nitrogens with one attached hydrogen (secondary N) is 1. The van der Waals surface area contributed by atoms with Crippen LogP contribution in [0.25, 0.3) is 0 Å². The van der Waals surface area contributed by atoms with Gasteiger partial charge in [-0.1, -0.05) is 6.92 Å². The van der Waals surface area contributed by atoms with Gasteiger partial charge in [0.15, 0.2) is 0 Å². The molecule has 4 nitrogen and oxygen atoms in total. The van der Waals surface area contributed by atoms with Crippen molar-refractivity contribution in [2.75, 3.05) is 40.5 Å². The fraction of sp³-hybridized carbons (Fsp3) is 1.00. The Morgan fingerprint density at radius 2 is 2.10 bits per heavy atom. The van der Waals surface area contributed by atoms with Gasteiger partial charge in [0.1, 0.15) is 0 Å². The van der Waals surface area contributed by atoms with E-state index in [1.54, 1.807) is 0 Å². The molecule has 3 unspecified atom stereocenters. The SMILES string of the molecule is CCCNC(C1CCOC2(CCOC2)C1)C(C)(C)N(C)C. The molecule has 0 amide bonds. The standard InChI is InChI=1S/C17H34N2O2/c1-6-9-18-15(16(2,3)19(4)5)14-7-10-21-17(12-14)8-11-20-13-17/h14-15,18H,6-13H2,1-5H3. The van der Waals surface area contributed by atoms with E-state index >= 15 is 0 Å². The maximum Gasteiger partial charge on any atom is 0.0939 e. The van der Waals surface area contributed by atoms with Crippen LogP contribution in [0, 0.1) is 5.92 Å². The number of nitrogens with zero attached hydrogens (tertiary/aromatic N) is 1. The van der Waals surface area contributed by atoms with E-state index < -0.39 is 0 Å². The molecule has 0 aliphatic carbocycles. The summed E-state index contributed by atoms with van der Waals surface area (Å²) in [5.41, 5.74) is 0.134. The maximum atomic E-state index is 6.12. The lowest BCUT2D eigenvalue weighted by Gasteiger charge is -2.48. The van der Waals surface area contributed by atoms with Crippen molar-refractivity contribution in [3.05, 3.63) is 0 Å². The van der Waals surface area contributed by atoms with E-state index in [9.17, 15) is 0 Å². The van der Waals surface area contributed by atoms with Crippen molar-refractivity contribution in [3.8, 4) is 0 Å². The molecule has 2 rings (SSSR count). The average Bonchev–Trinajstić information content (AvgIpc) is 2.87. The van der Waals surface area contributed by atoms with E-state index in [1.165, 1.54) is 6.42 Å². The molecule has 2 heterocycles. The Kier molecular flexibility index (Phi) is 5.69. The maximum absolute atomic E-state index is 6.12. The Morgan fingerprint density at radius 1 is 1.33 bits per heavy atom. The smallest absolute Gasteiger partial charge is 0.0939 e. The molecule has 124 valence electrons. The van der Waals surface area contributed by atoms with Gasteiger partial charge >= 0.3 is 0 Å². The number of hydrogen-bond acceptors (Lipinski definition) is 4. The molecule has 0 aromatic carbocycles. The fourth-order valence-corrected chi connectivity index (χ4v) is 3.78. The zero-order valence-electron chi connectivity index (χ0n) is 14.6. The van der Waals surface area contributed by atoms with Gasteiger partial charge in [0.2, 0.25) is 0 Å². The van der Waals surface area contributed by atoms with Crippen LogP contribution in [-0.4, -0.2) is 62.5 Å². The van der Waals surface area contributed by atoms with Crippen molar-refractivity contribution in [2.24, 2.45) is 5.92 Å². The van der Waals surface area contributed by atoms with Gasteiger partial charge in [0.05, 0.1) is 12.2 Å². The van der Waals surface area contributed by atoms with E-state index in [1.807, 2.05) is 0 Å². The summed E-state index contributed by atoms with van der Waals surface area (Å²) in [5.74, 6) is 0.657. The van der Waals surface area contributed by atoms with Gasteiger partial charge in [-0.15, -0.1) is 0 Å². The van der Waals surface area contributed by atoms with Gasteiger partial charge in [-0.2, -0.15) is 0 Å². The molecule has 0 saturated carbocycles. The van der Waals surface area contributed by atoms with Crippen LogP contribution < -0.4 is 5.32 Å². The number of rotatable bonds is 6. The average molecular weight is 298 g/mol. The van der Waals surface area contributed by atoms with Crippen LogP contribution in [0.5, 0.6) is 0 Å². The van der Waals surface area contributed by atoms with Gasteiger partial charge in [0.25, 0.3) is 0 Å². The molecule has 2 fully saturated rings. The molecule has 3 atom stereocenters. The molecule has 1 spiro atoms. The Labute approximate surface area is 130 Å². The third-order valence-electron chi connectivity index (χ3n) is 5.60. The van der Waals surface area contributed by atoms with E-state index in [0.717, 1.165) is 45.6 Å². The monoisotopic (exact) mass is 298 g/mol. The summed E-state index contributed by atoms with van der Waals surface area (Å²) in [4.78, 5) is 2.35. The van der Waals surface area contributed by atoms with E-state index in [-0.39, 0.29) is 11.1 Å². The van der Waals surface area contributed by atoms with Crippen molar-refractivity contribution in [1.82, 2.24) is 10.2 Å². The van der Waals surface area contributed by atoms with E-state index in [4.69, 9.17) is 9.47 Å². The molecule has 0 aromatic rings. The van der Waals surface area contributed by atoms with E-state index in [0.29, 0.717) is 12.0 Å². The molecule has 2 aliphatic heterocycles. The van der Waals surface area contributed by atoms with E-state index in [2.05, 4.69) is 45.1 Å². The van der Waals surface area contributed by atoms with Crippen molar-refractivity contribution in [1.29, 1.82) is 0 Å². The quantitative estimate of drug-likeness (QED) is 0.816. The molecule has 0 radical (unpaired) electrons. The minimum Gasteiger partial charge on any atom is -0.378 e. The van der Waals surface area contributed by atoms with Crippen LogP contribution in [0.4, 0.5) is 0 Å². The molecule has 4 heteroatoms. The van der Waals surface area contributed by atoms with Crippen molar-refractivity contribution < 1.29 is 9.47 Å². The summed E-state index contributed by atoms with van der Waals surface area (Å²) in [7, 11) is 4.38. The highest BCUT2D eigenvalue weighted by Gasteiger charge is 2.46. The molecule has 0 aromatic heterocycles. The lowest BCUT2D eigenvalue weighted by molar-refractivity contribution is -0.110. The first kappa shape index (κ1) is 17.2. The highest BCUT2D eigenvalue weighted by Crippen LogP contribution is 2.39. The summed E-state index contributed by atoms with van der Waals surface area (Å²) >= 11 is 0. The van der Waals surface area contributed by atoms with Gasteiger partial charge < -0.3 is 19.7 Å². The van der Waals surface area contributed by atoms with Crippen LogP contribution in [0.15, 0.2) is 0 Å². The minimum absolute atomic E-state index is 0.00253. The van der Waals surface area contributed by atoms with Crippen molar-refractivity contribution in [2.45, 2.75) is 63.6 Å². The zero-order chi connectivity index (χ0) is 15.5. The molecule has 2 aliphatic rings. The van der Waals surface area contributed by atoms with Crippen LogP contribution >= 0.6 is 0 Å². The summed E-state index contributed by atoms with van der Waals surface area (Å²) in [6.07, 6.45) is 4.52. The molecular formula is C17H34N2O2. The van der Waals surface area contributed by atoms with Crippen LogP contribution in [0.3, 0.4) is 0 Å². The topological polar surface area (TPSA) is 33.7 Å². The summed E-state index contributed by atoms with van der Waals surface area (Å²) in [6.45, 7) is 10.6. The Balaban J connectivity index is 2.11. The largest absolute Gasteiger partial charge is 0.378 e. The van der Waals surface area contributed by atoms with Gasteiger partial charge in [0, 0.05) is 31.2 Å². The predicted octanol–water partition coefficient (Wildman–Crippen LogP) is 2.28. The summed E-state index contributed by atoms with van der Waals surface area (Å²) < 4.78 is 11.7. The predicted molar refractivity (Wildman–Crippen MR) is 86.7 cm³/mol. The second-order valence-corrected chi connectivity index (χ2v) is 7.57. The van der Waals surface area contributed by atoms with Crippen LogP contribution in [0.2, 0.25) is 0 Å². The molecular weight excluding hydrogens is 264 g/mol. The normalized spacial score (nSPS) is 32.0. The Bertz CT molecular complexity index is 325. The highest BCUT2D eigenvalue weighted by molar-refractivity contribution is 5.01. The second kappa shape index (κ2) is 6.95. The van der Waals surface area contributed by atoms with Crippen molar-refractivity contribution >= 4 is 0 Å². The molecule has 21 heavy (non-hydrogen) atoms. The lowest BCUT2D eigenvalue weighted by atomic mass is 9.74. The first-order valence-electron chi connectivity index (χ1n) is 8.54. The lowest BCUT2D eigenvalue weighted by Crippen LogP contribution is -2.60. The highest BCUT2D eigenvalue weighted by atomic mass is 16.6. The third-order valence-corrected chi connectivity index (χ3v) is 5.60. The molecule has 2 saturated heterocycles. The number of hydrogen-bond donors (Lipinski definition) is 1. The first-order chi connectivity index (χ1) is 9.91. The fourth-order valence-electron chi connectivity index (χ4n) is 3.78. The zero-order valence-corrected chi connectivity index (χ0v) is 14.6. The summed E-state index contributed by atoms with van der Waals surface area (Å²) in [6, 6.07) is 0.494. The number of ether oxygens (including phenoxy) is 2. The second-order valence-electron chi connectivity index (χ2n) is 7.57. The van der Waals surface area contributed by atoms with Gasteiger partial charge in [-0.25, -0.2) is 0 Å². The molecule has 0 bridgehead atoms. The Hall–Kier alpha value is -0.160. The van der Waals surface area contributed by atoms with Gasteiger partial charge in [-0.3, -0.25) is 0 Å². The Morgan fingerprint density at radius 3 is 2.67 bits per heavy atom. The van der Waals surface area contributed by atoms with Crippen LogP contribution in [0.1, 0.15) is 46.5 Å². The number of likely N-dealkylation sites (N-methyl/N-ethyl adjacent to an activating group) is 1. The van der Waals surface area contributed by atoms with Crippen molar-refractivity contribution in [3.63, 3.8) is 0 Å². The molecule has 1 N–H and O–H groups in total. The third kappa shape index (κ3) is 3.79. The van der Waals surface area contributed by atoms with Crippen LogP contribution in [-0.2, 0) is 9.47 Å². The summed E-state index contributed by atoms with van der Waals surface area (Å²) in [5, 5.41) is 3.83.